The number of carbonyl (C=O) groups is 1. The highest BCUT2D eigenvalue weighted by Gasteiger charge is 2.14. The summed E-state index contributed by atoms with van der Waals surface area (Å²) in [5.74, 6) is 0.966. The Morgan fingerprint density at radius 2 is 2.16 bits per heavy atom. The van der Waals surface area contributed by atoms with Crippen LogP contribution in [0.15, 0.2) is 39.5 Å². The summed E-state index contributed by atoms with van der Waals surface area (Å²) in [6.07, 6.45) is 3.37. The average Bonchev–Trinajstić information content (AvgIpc) is 3.38. The Labute approximate surface area is 148 Å². The SMILES string of the molecule is O=C(COc1ccc2c(c1)CCC2)OCc1noc(-c2ccsc2)n1. The van der Waals surface area contributed by atoms with Gasteiger partial charge in [0.05, 0.1) is 5.56 Å². The number of aryl methyl sites for hydroxylation is 2. The van der Waals surface area contributed by atoms with Gasteiger partial charge in [0.25, 0.3) is 5.89 Å². The van der Waals surface area contributed by atoms with Gasteiger partial charge < -0.3 is 14.0 Å². The lowest BCUT2D eigenvalue weighted by Crippen LogP contribution is -2.15. The Morgan fingerprint density at radius 1 is 1.24 bits per heavy atom. The van der Waals surface area contributed by atoms with Crippen molar-refractivity contribution in [3.05, 3.63) is 52.0 Å². The van der Waals surface area contributed by atoms with Gasteiger partial charge in [-0.05, 0) is 54.0 Å². The van der Waals surface area contributed by atoms with Crippen LogP contribution in [0.25, 0.3) is 11.5 Å². The van der Waals surface area contributed by atoms with Crippen molar-refractivity contribution in [1.82, 2.24) is 10.1 Å². The van der Waals surface area contributed by atoms with E-state index < -0.39 is 5.97 Å². The fraction of sp³-hybridized carbons (Fsp3) is 0.278. The van der Waals surface area contributed by atoms with Crippen LogP contribution in [0.2, 0.25) is 0 Å². The largest absolute Gasteiger partial charge is 0.482 e. The zero-order chi connectivity index (χ0) is 17.1. The van der Waals surface area contributed by atoms with Gasteiger partial charge in [-0.2, -0.15) is 16.3 Å². The van der Waals surface area contributed by atoms with Crippen molar-refractivity contribution < 1.29 is 18.8 Å². The summed E-state index contributed by atoms with van der Waals surface area (Å²) in [7, 11) is 0. The van der Waals surface area contributed by atoms with Gasteiger partial charge in [0.1, 0.15) is 5.75 Å². The van der Waals surface area contributed by atoms with Crippen molar-refractivity contribution >= 4 is 17.3 Å². The topological polar surface area (TPSA) is 74.5 Å². The molecule has 3 aromatic rings. The van der Waals surface area contributed by atoms with Crippen LogP contribution in [0.3, 0.4) is 0 Å². The Kier molecular flexibility index (Phi) is 4.47. The number of aromatic nitrogens is 2. The number of benzene rings is 1. The Hall–Kier alpha value is -2.67. The molecule has 0 saturated carbocycles. The minimum absolute atomic E-state index is 0.0416. The number of ether oxygens (including phenoxy) is 2. The minimum atomic E-state index is -0.470. The van der Waals surface area contributed by atoms with E-state index in [1.165, 1.54) is 17.5 Å². The highest BCUT2D eigenvalue weighted by atomic mass is 32.1. The van der Waals surface area contributed by atoms with E-state index in [9.17, 15) is 4.79 Å². The molecule has 6 nitrogen and oxygen atoms in total. The summed E-state index contributed by atoms with van der Waals surface area (Å²) in [6, 6.07) is 7.85. The van der Waals surface area contributed by atoms with Crippen molar-refractivity contribution in [1.29, 1.82) is 0 Å². The molecule has 0 atom stereocenters. The molecule has 0 N–H and O–H groups in total. The second-order valence-corrected chi connectivity index (χ2v) is 6.54. The van der Waals surface area contributed by atoms with E-state index in [0.717, 1.165) is 18.4 Å². The summed E-state index contributed by atoms with van der Waals surface area (Å²) >= 11 is 1.54. The van der Waals surface area contributed by atoms with E-state index in [1.54, 1.807) is 11.3 Å². The van der Waals surface area contributed by atoms with Gasteiger partial charge in [-0.25, -0.2) is 4.79 Å². The summed E-state index contributed by atoms with van der Waals surface area (Å²) in [5.41, 5.74) is 3.53. The fourth-order valence-electron chi connectivity index (χ4n) is 2.78. The van der Waals surface area contributed by atoms with Gasteiger partial charge in [-0.15, -0.1) is 0 Å². The van der Waals surface area contributed by atoms with E-state index in [0.29, 0.717) is 17.5 Å². The lowest BCUT2D eigenvalue weighted by atomic mass is 10.1. The molecule has 0 spiro atoms. The fourth-order valence-corrected chi connectivity index (χ4v) is 3.41. The molecule has 2 heterocycles. The highest BCUT2D eigenvalue weighted by Crippen LogP contribution is 2.26. The van der Waals surface area contributed by atoms with Crippen LogP contribution >= 0.6 is 11.3 Å². The highest BCUT2D eigenvalue weighted by molar-refractivity contribution is 7.08. The number of carbonyl (C=O) groups excluding carboxylic acids is 1. The van der Waals surface area contributed by atoms with E-state index in [4.69, 9.17) is 14.0 Å². The third-order valence-electron chi connectivity index (χ3n) is 4.03. The second kappa shape index (κ2) is 7.06. The molecular weight excluding hydrogens is 340 g/mol. The van der Waals surface area contributed by atoms with E-state index in [2.05, 4.69) is 16.2 Å². The van der Waals surface area contributed by atoms with Crippen LogP contribution in [0.5, 0.6) is 5.75 Å². The first-order valence-corrected chi connectivity index (χ1v) is 8.97. The van der Waals surface area contributed by atoms with Gasteiger partial charge >= 0.3 is 5.97 Å². The summed E-state index contributed by atoms with van der Waals surface area (Å²) in [5, 5.41) is 7.64. The number of rotatable bonds is 6. The number of esters is 1. The van der Waals surface area contributed by atoms with Gasteiger partial charge in [-0.1, -0.05) is 11.2 Å². The maximum Gasteiger partial charge on any atom is 0.344 e. The molecule has 7 heteroatoms. The Morgan fingerprint density at radius 3 is 3.04 bits per heavy atom. The van der Waals surface area contributed by atoms with Crippen LogP contribution in [0.4, 0.5) is 0 Å². The van der Waals surface area contributed by atoms with Crippen LogP contribution < -0.4 is 4.74 Å². The van der Waals surface area contributed by atoms with E-state index in [-0.39, 0.29) is 13.2 Å². The predicted molar refractivity (Wildman–Crippen MR) is 91.4 cm³/mol. The zero-order valence-electron chi connectivity index (χ0n) is 13.4. The molecule has 128 valence electrons. The lowest BCUT2D eigenvalue weighted by molar-refractivity contribution is -0.147. The molecule has 0 unspecified atom stereocenters. The normalized spacial score (nSPS) is 12.8. The lowest BCUT2D eigenvalue weighted by Gasteiger charge is -2.07. The number of hydrogen-bond acceptors (Lipinski definition) is 7. The third-order valence-corrected chi connectivity index (χ3v) is 4.71. The molecule has 0 fully saturated rings. The maximum atomic E-state index is 11.8. The standard InChI is InChI=1S/C18H16N2O4S/c21-17(10-22-15-5-4-12-2-1-3-13(12)8-15)23-9-16-19-18(24-20-16)14-6-7-25-11-14/h4-8,11H,1-3,9-10H2. The average molecular weight is 356 g/mol. The zero-order valence-corrected chi connectivity index (χ0v) is 14.3. The molecule has 1 aliphatic rings. The molecule has 1 aromatic carbocycles. The van der Waals surface area contributed by atoms with Gasteiger partial charge in [-0.3, -0.25) is 0 Å². The molecule has 0 bridgehead atoms. The van der Waals surface area contributed by atoms with E-state index in [1.807, 2.05) is 29.0 Å². The molecule has 25 heavy (non-hydrogen) atoms. The van der Waals surface area contributed by atoms with Crippen molar-refractivity contribution in [3.8, 4) is 17.2 Å². The first kappa shape index (κ1) is 15.8. The second-order valence-electron chi connectivity index (χ2n) is 5.76. The molecular formula is C18H16N2O4S. The van der Waals surface area contributed by atoms with Crippen molar-refractivity contribution in [3.63, 3.8) is 0 Å². The number of nitrogens with zero attached hydrogens (tertiary/aromatic N) is 2. The smallest absolute Gasteiger partial charge is 0.344 e. The first-order valence-electron chi connectivity index (χ1n) is 8.03. The minimum Gasteiger partial charge on any atom is -0.482 e. The Bertz CT molecular complexity index is 873. The number of thiophene rings is 1. The molecule has 4 rings (SSSR count). The summed E-state index contributed by atoms with van der Waals surface area (Å²) in [6.45, 7) is -0.186. The van der Waals surface area contributed by atoms with Crippen LogP contribution in [0.1, 0.15) is 23.4 Å². The monoisotopic (exact) mass is 356 g/mol. The van der Waals surface area contributed by atoms with Gasteiger partial charge in [0.2, 0.25) is 5.82 Å². The molecule has 2 aromatic heterocycles. The maximum absolute atomic E-state index is 11.8. The van der Waals surface area contributed by atoms with Crippen LogP contribution in [0, 0.1) is 0 Å². The van der Waals surface area contributed by atoms with Gasteiger partial charge in [0, 0.05) is 5.38 Å². The quantitative estimate of drug-likeness (QED) is 0.630. The molecule has 0 saturated heterocycles. The molecule has 0 amide bonds. The van der Waals surface area contributed by atoms with Crippen LogP contribution in [-0.4, -0.2) is 22.7 Å². The Balaban J connectivity index is 1.27. The number of fused-ring (bicyclic) bond motifs is 1. The van der Waals surface area contributed by atoms with Crippen LogP contribution in [-0.2, 0) is 29.0 Å². The van der Waals surface area contributed by atoms with E-state index >= 15 is 0 Å². The predicted octanol–water partition coefficient (Wildman–Crippen LogP) is 3.41. The molecule has 0 radical (unpaired) electrons. The van der Waals surface area contributed by atoms with Crippen molar-refractivity contribution in [2.24, 2.45) is 0 Å². The molecule has 0 aliphatic heterocycles. The number of hydrogen-bond donors (Lipinski definition) is 0. The third kappa shape index (κ3) is 3.71. The first-order chi connectivity index (χ1) is 12.3. The van der Waals surface area contributed by atoms with Crippen molar-refractivity contribution in [2.75, 3.05) is 6.61 Å². The molecule has 1 aliphatic carbocycles. The van der Waals surface area contributed by atoms with Crippen molar-refractivity contribution in [2.45, 2.75) is 25.9 Å². The summed E-state index contributed by atoms with van der Waals surface area (Å²) in [4.78, 5) is 16.0. The summed E-state index contributed by atoms with van der Waals surface area (Å²) < 4.78 is 15.8. The van der Waals surface area contributed by atoms with Gasteiger partial charge in [0.15, 0.2) is 13.2 Å².